The summed E-state index contributed by atoms with van der Waals surface area (Å²) in [5.74, 6) is 0.381. The maximum absolute atomic E-state index is 12.3. The highest BCUT2D eigenvalue weighted by Crippen LogP contribution is 2.29. The molecule has 0 radical (unpaired) electrons. The van der Waals surface area contributed by atoms with Gasteiger partial charge in [-0.25, -0.2) is 9.59 Å². The third-order valence-corrected chi connectivity index (χ3v) is 4.72. The summed E-state index contributed by atoms with van der Waals surface area (Å²) < 4.78 is 0. The molecule has 0 spiro atoms. The quantitative estimate of drug-likeness (QED) is 0.816. The topological polar surface area (TPSA) is 69.6 Å². The van der Waals surface area contributed by atoms with Gasteiger partial charge in [-0.15, -0.1) is 0 Å². The largest absolute Gasteiger partial charge is 0.480 e. The van der Waals surface area contributed by atoms with E-state index in [1.54, 1.807) is 0 Å². The maximum Gasteiger partial charge on any atom is 0.326 e. The zero-order valence-corrected chi connectivity index (χ0v) is 12.6. The van der Waals surface area contributed by atoms with Crippen molar-refractivity contribution in [3.8, 4) is 0 Å². The average Bonchev–Trinajstić information content (AvgIpc) is 2.69. The maximum atomic E-state index is 12.3. The second-order valence-corrected chi connectivity index (χ2v) is 6.81. The van der Waals surface area contributed by atoms with Gasteiger partial charge in [-0.1, -0.05) is 20.8 Å². The molecule has 0 aromatic heterocycles. The molecule has 5 heteroatoms. The molecule has 5 nitrogen and oxygen atoms in total. The lowest BCUT2D eigenvalue weighted by atomic mass is 9.80. The number of nitrogens with zero attached hydrogens (tertiary/aromatic N) is 1. The molecule has 2 amide bonds. The molecule has 2 rings (SSSR count). The van der Waals surface area contributed by atoms with Crippen LogP contribution < -0.4 is 5.32 Å². The fraction of sp³-hybridized carbons (Fsp3) is 0.867. The zero-order valence-electron chi connectivity index (χ0n) is 12.6. The van der Waals surface area contributed by atoms with Crippen LogP contribution in [-0.2, 0) is 4.79 Å². The monoisotopic (exact) mass is 282 g/mol. The van der Waals surface area contributed by atoms with Crippen LogP contribution in [0, 0.1) is 17.8 Å². The number of nitrogens with one attached hydrogen (secondary N) is 1. The van der Waals surface area contributed by atoms with Crippen LogP contribution in [0.3, 0.4) is 0 Å². The van der Waals surface area contributed by atoms with Gasteiger partial charge in [0.25, 0.3) is 0 Å². The second-order valence-electron chi connectivity index (χ2n) is 6.81. The van der Waals surface area contributed by atoms with Gasteiger partial charge in [0.1, 0.15) is 6.04 Å². The minimum Gasteiger partial charge on any atom is -0.480 e. The van der Waals surface area contributed by atoms with Crippen molar-refractivity contribution >= 4 is 12.0 Å². The van der Waals surface area contributed by atoms with Gasteiger partial charge in [-0.3, -0.25) is 0 Å². The van der Waals surface area contributed by atoms with Gasteiger partial charge in [0, 0.05) is 12.6 Å². The highest BCUT2D eigenvalue weighted by molar-refractivity contribution is 5.83. The van der Waals surface area contributed by atoms with Crippen LogP contribution in [0.2, 0.25) is 0 Å². The van der Waals surface area contributed by atoms with E-state index in [0.717, 1.165) is 19.3 Å². The van der Waals surface area contributed by atoms with Gasteiger partial charge >= 0.3 is 12.0 Å². The van der Waals surface area contributed by atoms with E-state index in [0.29, 0.717) is 18.4 Å². The molecule has 114 valence electrons. The Labute approximate surface area is 120 Å². The lowest BCUT2D eigenvalue weighted by Gasteiger charge is -2.34. The normalized spacial score (nSPS) is 37.8. The third kappa shape index (κ3) is 3.25. The van der Waals surface area contributed by atoms with Crippen LogP contribution in [-0.4, -0.2) is 40.6 Å². The van der Waals surface area contributed by atoms with Crippen molar-refractivity contribution in [1.29, 1.82) is 0 Å². The van der Waals surface area contributed by atoms with Crippen LogP contribution >= 0.6 is 0 Å². The molecule has 2 aliphatic rings. The predicted octanol–water partition coefficient (Wildman–Crippen LogP) is 2.32. The summed E-state index contributed by atoms with van der Waals surface area (Å²) in [5, 5.41) is 12.3. The van der Waals surface area contributed by atoms with E-state index in [1.807, 2.05) is 6.92 Å². The number of rotatable bonds is 2. The Morgan fingerprint density at radius 2 is 1.70 bits per heavy atom. The number of carbonyl (C=O) groups excluding carboxylic acids is 1. The molecular weight excluding hydrogens is 256 g/mol. The van der Waals surface area contributed by atoms with Gasteiger partial charge in [0.05, 0.1) is 0 Å². The van der Waals surface area contributed by atoms with Crippen LogP contribution in [0.25, 0.3) is 0 Å². The highest BCUT2D eigenvalue weighted by Gasteiger charge is 2.40. The van der Waals surface area contributed by atoms with Crippen molar-refractivity contribution < 1.29 is 14.7 Å². The summed E-state index contributed by atoms with van der Waals surface area (Å²) in [5.41, 5.74) is 0. The first-order valence-electron chi connectivity index (χ1n) is 7.68. The van der Waals surface area contributed by atoms with Crippen molar-refractivity contribution in [3.63, 3.8) is 0 Å². The summed E-state index contributed by atoms with van der Waals surface area (Å²) in [4.78, 5) is 25.1. The highest BCUT2D eigenvalue weighted by atomic mass is 16.4. The fourth-order valence-electron chi connectivity index (χ4n) is 3.87. The number of carbonyl (C=O) groups is 2. The number of hydrogen-bond acceptors (Lipinski definition) is 2. The molecule has 1 aliphatic carbocycles. The van der Waals surface area contributed by atoms with Gasteiger partial charge in [0.15, 0.2) is 0 Å². The Bertz CT molecular complexity index is 375. The van der Waals surface area contributed by atoms with Crippen LogP contribution in [0.15, 0.2) is 0 Å². The molecule has 4 unspecified atom stereocenters. The van der Waals surface area contributed by atoms with E-state index in [9.17, 15) is 14.7 Å². The Morgan fingerprint density at radius 1 is 1.10 bits per heavy atom. The standard InChI is InChI=1S/C15H26N2O3/c1-9-6-10(2)8-12(7-9)16-15(20)17-5-4-11(3)13(17)14(18)19/h9-13H,4-8H2,1-3H3,(H,16,20)(H,18,19). The molecule has 20 heavy (non-hydrogen) atoms. The summed E-state index contributed by atoms with van der Waals surface area (Å²) in [7, 11) is 0. The molecule has 1 heterocycles. The molecular formula is C15H26N2O3. The lowest BCUT2D eigenvalue weighted by molar-refractivity contribution is -0.142. The number of likely N-dealkylation sites (tertiary alicyclic amines) is 1. The van der Waals surface area contributed by atoms with E-state index in [1.165, 1.54) is 11.3 Å². The number of aliphatic carboxylic acids is 1. The Hall–Kier alpha value is -1.26. The van der Waals surface area contributed by atoms with Crippen molar-refractivity contribution in [2.75, 3.05) is 6.54 Å². The number of carboxylic acids is 1. The molecule has 0 bridgehead atoms. The minimum absolute atomic E-state index is 0.0300. The molecule has 2 fully saturated rings. The Balaban J connectivity index is 1.96. The van der Waals surface area contributed by atoms with Crippen LogP contribution in [0.1, 0.15) is 46.5 Å². The lowest BCUT2D eigenvalue weighted by Crippen LogP contribution is -2.51. The summed E-state index contributed by atoms with van der Waals surface area (Å²) in [6.07, 6.45) is 3.97. The number of hydrogen-bond donors (Lipinski definition) is 2. The first-order chi connectivity index (χ1) is 9.38. The first kappa shape index (κ1) is 15.1. The van der Waals surface area contributed by atoms with Crippen molar-refractivity contribution in [3.05, 3.63) is 0 Å². The molecule has 0 aromatic rings. The van der Waals surface area contributed by atoms with Crippen LogP contribution in [0.4, 0.5) is 4.79 Å². The van der Waals surface area contributed by atoms with Crippen LogP contribution in [0.5, 0.6) is 0 Å². The molecule has 2 N–H and O–H groups in total. The molecule has 1 saturated heterocycles. The molecule has 1 saturated carbocycles. The molecule has 4 atom stereocenters. The van der Waals surface area contributed by atoms with Crippen molar-refractivity contribution in [1.82, 2.24) is 10.2 Å². The van der Waals surface area contributed by atoms with Crippen molar-refractivity contribution in [2.24, 2.45) is 17.8 Å². The van der Waals surface area contributed by atoms with E-state index < -0.39 is 12.0 Å². The predicted molar refractivity (Wildman–Crippen MR) is 76.4 cm³/mol. The molecule has 0 aromatic carbocycles. The smallest absolute Gasteiger partial charge is 0.326 e. The van der Waals surface area contributed by atoms with E-state index in [-0.39, 0.29) is 18.0 Å². The second kappa shape index (κ2) is 6.02. The summed E-state index contributed by atoms with van der Waals surface area (Å²) in [6, 6.07) is -0.687. The van der Waals surface area contributed by atoms with E-state index in [2.05, 4.69) is 19.2 Å². The number of urea groups is 1. The van der Waals surface area contributed by atoms with Gasteiger partial charge < -0.3 is 15.3 Å². The zero-order chi connectivity index (χ0) is 14.9. The van der Waals surface area contributed by atoms with Gasteiger partial charge in [-0.2, -0.15) is 0 Å². The number of amides is 2. The summed E-state index contributed by atoms with van der Waals surface area (Å²) >= 11 is 0. The average molecular weight is 282 g/mol. The number of carboxylic acid groups (broad SMARTS) is 1. The van der Waals surface area contributed by atoms with Gasteiger partial charge in [-0.05, 0) is 43.4 Å². The first-order valence-corrected chi connectivity index (χ1v) is 7.68. The Morgan fingerprint density at radius 3 is 2.25 bits per heavy atom. The van der Waals surface area contributed by atoms with Crippen molar-refractivity contribution in [2.45, 2.75) is 58.5 Å². The van der Waals surface area contributed by atoms with E-state index >= 15 is 0 Å². The van der Waals surface area contributed by atoms with Gasteiger partial charge in [0.2, 0.25) is 0 Å². The fourth-order valence-corrected chi connectivity index (χ4v) is 3.87. The third-order valence-electron chi connectivity index (χ3n) is 4.72. The summed E-state index contributed by atoms with van der Waals surface area (Å²) in [6.45, 7) is 6.87. The Kier molecular flexibility index (Phi) is 4.55. The minimum atomic E-state index is -0.893. The van der Waals surface area contributed by atoms with E-state index in [4.69, 9.17) is 0 Å². The SMILES string of the molecule is CC1CC(C)CC(NC(=O)N2CCC(C)C2C(=O)O)C1. The molecule has 1 aliphatic heterocycles.